The van der Waals surface area contributed by atoms with Crippen molar-refractivity contribution in [3.8, 4) is 0 Å². The summed E-state index contributed by atoms with van der Waals surface area (Å²) < 4.78 is 1.89. The number of hydrogen-bond acceptors (Lipinski definition) is 3. The molecule has 19 heavy (non-hydrogen) atoms. The maximum atomic E-state index is 11.8. The SMILES string of the molecule is CCn1cc(C)c(CNC(=O)CC(C)NC(C)C)n1. The molecular weight excluding hydrogens is 240 g/mol. The number of nitrogens with zero attached hydrogens (tertiary/aromatic N) is 2. The van der Waals surface area contributed by atoms with Gasteiger partial charge in [-0.05, 0) is 26.3 Å². The molecule has 5 heteroatoms. The highest BCUT2D eigenvalue weighted by molar-refractivity contribution is 5.76. The molecule has 0 aliphatic rings. The zero-order valence-electron chi connectivity index (χ0n) is 12.7. The first-order chi connectivity index (χ1) is 8.92. The van der Waals surface area contributed by atoms with Crippen LogP contribution in [-0.4, -0.2) is 27.8 Å². The Morgan fingerprint density at radius 2 is 2.11 bits per heavy atom. The second kappa shape index (κ2) is 7.28. The Kier molecular flexibility index (Phi) is 6.02. The molecule has 0 aliphatic carbocycles. The molecule has 0 saturated carbocycles. The smallest absolute Gasteiger partial charge is 0.221 e. The number of aromatic nitrogens is 2. The van der Waals surface area contributed by atoms with Crippen LogP contribution >= 0.6 is 0 Å². The zero-order chi connectivity index (χ0) is 14.4. The third-order valence-corrected chi connectivity index (χ3v) is 2.93. The van der Waals surface area contributed by atoms with Gasteiger partial charge in [0, 0.05) is 31.2 Å². The number of amides is 1. The Balaban J connectivity index is 2.39. The molecule has 1 heterocycles. The van der Waals surface area contributed by atoms with Crippen LogP contribution in [0.4, 0.5) is 0 Å². The summed E-state index contributed by atoms with van der Waals surface area (Å²) in [6.45, 7) is 11.6. The lowest BCUT2D eigenvalue weighted by atomic mass is 10.2. The first-order valence-corrected chi connectivity index (χ1v) is 6.98. The molecular formula is C14H26N4O. The van der Waals surface area contributed by atoms with Crippen LogP contribution in [0, 0.1) is 6.92 Å². The van der Waals surface area contributed by atoms with Gasteiger partial charge in [-0.3, -0.25) is 9.48 Å². The predicted molar refractivity (Wildman–Crippen MR) is 76.8 cm³/mol. The van der Waals surface area contributed by atoms with Crippen molar-refractivity contribution in [1.29, 1.82) is 0 Å². The summed E-state index contributed by atoms with van der Waals surface area (Å²) >= 11 is 0. The summed E-state index contributed by atoms with van der Waals surface area (Å²) in [5.74, 6) is 0.0612. The minimum Gasteiger partial charge on any atom is -0.350 e. The van der Waals surface area contributed by atoms with Gasteiger partial charge in [0.1, 0.15) is 0 Å². The van der Waals surface area contributed by atoms with Gasteiger partial charge in [-0.15, -0.1) is 0 Å². The summed E-state index contributed by atoms with van der Waals surface area (Å²) in [5, 5.41) is 10.7. The fourth-order valence-electron chi connectivity index (χ4n) is 2.06. The Bertz CT molecular complexity index is 412. The van der Waals surface area contributed by atoms with Crippen molar-refractivity contribution in [3.05, 3.63) is 17.5 Å². The first-order valence-electron chi connectivity index (χ1n) is 6.98. The van der Waals surface area contributed by atoms with Crippen molar-refractivity contribution in [3.63, 3.8) is 0 Å². The summed E-state index contributed by atoms with van der Waals surface area (Å²) in [4.78, 5) is 11.8. The van der Waals surface area contributed by atoms with Crippen LogP contribution in [0.15, 0.2) is 6.20 Å². The Labute approximate surface area is 115 Å². The van der Waals surface area contributed by atoms with Gasteiger partial charge in [-0.25, -0.2) is 0 Å². The number of nitrogens with one attached hydrogen (secondary N) is 2. The van der Waals surface area contributed by atoms with Gasteiger partial charge in [0.15, 0.2) is 0 Å². The van der Waals surface area contributed by atoms with E-state index in [1.165, 1.54) is 0 Å². The molecule has 1 rings (SSSR count). The molecule has 1 amide bonds. The highest BCUT2D eigenvalue weighted by Gasteiger charge is 2.11. The van der Waals surface area contributed by atoms with Crippen molar-refractivity contribution in [2.75, 3.05) is 0 Å². The molecule has 1 unspecified atom stereocenters. The molecule has 0 spiro atoms. The first kappa shape index (κ1) is 15.7. The lowest BCUT2D eigenvalue weighted by molar-refractivity contribution is -0.121. The molecule has 0 fully saturated rings. The summed E-state index contributed by atoms with van der Waals surface area (Å²) in [5.41, 5.74) is 2.06. The van der Waals surface area contributed by atoms with E-state index in [1.54, 1.807) is 0 Å². The quantitative estimate of drug-likeness (QED) is 0.788. The topological polar surface area (TPSA) is 59.0 Å². The molecule has 1 atom stereocenters. The minimum absolute atomic E-state index is 0.0612. The number of carbonyl (C=O) groups excluding carboxylic acids is 1. The van der Waals surface area contributed by atoms with Crippen LogP contribution in [0.25, 0.3) is 0 Å². The average Bonchev–Trinajstić information content (AvgIpc) is 2.66. The van der Waals surface area contributed by atoms with E-state index in [0.717, 1.165) is 17.8 Å². The third-order valence-electron chi connectivity index (χ3n) is 2.93. The molecule has 0 bridgehead atoms. The van der Waals surface area contributed by atoms with E-state index in [9.17, 15) is 4.79 Å². The van der Waals surface area contributed by atoms with E-state index >= 15 is 0 Å². The molecule has 2 N–H and O–H groups in total. The van der Waals surface area contributed by atoms with Crippen LogP contribution < -0.4 is 10.6 Å². The number of aryl methyl sites for hydroxylation is 2. The highest BCUT2D eigenvalue weighted by Crippen LogP contribution is 2.05. The Hall–Kier alpha value is -1.36. The predicted octanol–water partition coefficient (Wildman–Crippen LogP) is 1.60. The van der Waals surface area contributed by atoms with Crippen molar-refractivity contribution < 1.29 is 4.79 Å². The standard InChI is InChI=1S/C14H26N4O/c1-6-18-9-11(4)13(17-18)8-15-14(19)7-12(5)16-10(2)3/h9-10,12,16H,6-8H2,1-5H3,(H,15,19). The number of hydrogen-bond donors (Lipinski definition) is 2. The third kappa shape index (κ3) is 5.42. The second-order valence-electron chi connectivity index (χ2n) is 5.32. The monoisotopic (exact) mass is 266 g/mol. The molecule has 0 saturated heterocycles. The van der Waals surface area contributed by atoms with E-state index < -0.39 is 0 Å². The summed E-state index contributed by atoms with van der Waals surface area (Å²) in [6.07, 6.45) is 2.50. The maximum absolute atomic E-state index is 11.8. The normalized spacial score (nSPS) is 12.7. The molecule has 1 aromatic heterocycles. The van der Waals surface area contributed by atoms with Gasteiger partial charge < -0.3 is 10.6 Å². The lowest BCUT2D eigenvalue weighted by Gasteiger charge is -2.16. The largest absolute Gasteiger partial charge is 0.350 e. The molecule has 0 radical (unpaired) electrons. The lowest BCUT2D eigenvalue weighted by Crippen LogP contribution is -2.37. The van der Waals surface area contributed by atoms with Crippen molar-refractivity contribution in [1.82, 2.24) is 20.4 Å². The Morgan fingerprint density at radius 1 is 1.42 bits per heavy atom. The molecule has 0 aromatic carbocycles. The van der Waals surface area contributed by atoms with Crippen LogP contribution in [0.2, 0.25) is 0 Å². The average molecular weight is 266 g/mol. The fourth-order valence-corrected chi connectivity index (χ4v) is 2.06. The van der Waals surface area contributed by atoms with Gasteiger partial charge in [0.05, 0.1) is 12.2 Å². The summed E-state index contributed by atoms with van der Waals surface area (Å²) in [7, 11) is 0. The van der Waals surface area contributed by atoms with Gasteiger partial charge in [0.25, 0.3) is 0 Å². The van der Waals surface area contributed by atoms with Gasteiger partial charge >= 0.3 is 0 Å². The Morgan fingerprint density at radius 3 is 2.63 bits per heavy atom. The second-order valence-corrected chi connectivity index (χ2v) is 5.32. The van der Waals surface area contributed by atoms with Crippen LogP contribution in [0.1, 0.15) is 45.4 Å². The van der Waals surface area contributed by atoms with Crippen molar-refractivity contribution in [2.24, 2.45) is 0 Å². The van der Waals surface area contributed by atoms with E-state index in [1.807, 2.05) is 31.6 Å². The van der Waals surface area contributed by atoms with E-state index in [2.05, 4.69) is 29.6 Å². The number of rotatable bonds is 7. The van der Waals surface area contributed by atoms with E-state index in [0.29, 0.717) is 19.0 Å². The van der Waals surface area contributed by atoms with Crippen LogP contribution in [0.3, 0.4) is 0 Å². The van der Waals surface area contributed by atoms with E-state index in [-0.39, 0.29) is 11.9 Å². The van der Waals surface area contributed by atoms with Crippen molar-refractivity contribution in [2.45, 2.75) is 66.2 Å². The van der Waals surface area contributed by atoms with Gasteiger partial charge in [-0.1, -0.05) is 13.8 Å². The number of carbonyl (C=O) groups is 1. The minimum atomic E-state index is 0.0612. The highest BCUT2D eigenvalue weighted by atomic mass is 16.1. The van der Waals surface area contributed by atoms with E-state index in [4.69, 9.17) is 0 Å². The van der Waals surface area contributed by atoms with Crippen LogP contribution in [-0.2, 0) is 17.9 Å². The molecule has 5 nitrogen and oxygen atoms in total. The maximum Gasteiger partial charge on any atom is 0.221 e. The zero-order valence-corrected chi connectivity index (χ0v) is 12.7. The summed E-state index contributed by atoms with van der Waals surface area (Å²) in [6, 6.07) is 0.583. The van der Waals surface area contributed by atoms with Gasteiger partial charge in [-0.2, -0.15) is 5.10 Å². The molecule has 1 aromatic rings. The van der Waals surface area contributed by atoms with Gasteiger partial charge in [0.2, 0.25) is 5.91 Å². The van der Waals surface area contributed by atoms with Crippen LogP contribution in [0.5, 0.6) is 0 Å². The van der Waals surface area contributed by atoms with Crippen molar-refractivity contribution >= 4 is 5.91 Å². The molecule has 0 aliphatic heterocycles. The fraction of sp³-hybridized carbons (Fsp3) is 0.714. The molecule has 108 valence electrons.